The number of hydrogen-bond acceptors (Lipinski definition) is 1. The second-order valence-electron chi connectivity index (χ2n) is 5.73. The number of hydrogen-bond donors (Lipinski definition) is 1. The summed E-state index contributed by atoms with van der Waals surface area (Å²) in [6.07, 6.45) is -2.79. The largest absolute Gasteiger partial charge is 0.417 e. The highest BCUT2D eigenvalue weighted by Gasteiger charge is 2.34. The Bertz CT molecular complexity index is 723. The van der Waals surface area contributed by atoms with E-state index in [1.165, 1.54) is 12.1 Å². The van der Waals surface area contributed by atoms with Crippen molar-refractivity contribution in [3.63, 3.8) is 0 Å². The molecular weight excluding hydrogens is 321 g/mol. The molecule has 0 aliphatic carbocycles. The molecule has 0 saturated heterocycles. The van der Waals surface area contributed by atoms with Gasteiger partial charge < -0.3 is 4.98 Å². The van der Waals surface area contributed by atoms with Gasteiger partial charge in [0.25, 0.3) is 0 Å². The number of aromatic nitrogens is 2. The van der Waals surface area contributed by atoms with Gasteiger partial charge in [-0.2, -0.15) is 13.2 Å². The number of rotatable bonds is 1. The van der Waals surface area contributed by atoms with Crippen LogP contribution in [0.15, 0.2) is 24.4 Å². The van der Waals surface area contributed by atoms with Crippen molar-refractivity contribution in [1.82, 2.24) is 9.55 Å². The van der Waals surface area contributed by atoms with Crippen LogP contribution in [0.4, 0.5) is 13.2 Å². The number of benzene rings is 1. The van der Waals surface area contributed by atoms with Gasteiger partial charge in [-0.1, -0.05) is 32.4 Å². The number of imidazole rings is 1. The van der Waals surface area contributed by atoms with Crippen LogP contribution in [-0.2, 0) is 11.6 Å². The summed E-state index contributed by atoms with van der Waals surface area (Å²) in [6.45, 7) is 5.88. The number of alkyl halides is 3. The van der Waals surface area contributed by atoms with E-state index in [1.807, 2.05) is 20.8 Å². The molecule has 0 atom stereocenters. The molecule has 21 heavy (non-hydrogen) atoms. The van der Waals surface area contributed by atoms with Crippen molar-refractivity contribution in [2.75, 3.05) is 0 Å². The van der Waals surface area contributed by atoms with Gasteiger partial charge in [0.1, 0.15) is 0 Å². The summed E-state index contributed by atoms with van der Waals surface area (Å²) in [6, 6.07) is 3.78. The van der Waals surface area contributed by atoms with E-state index in [9.17, 15) is 13.2 Å². The molecule has 2 rings (SSSR count). The predicted octanol–water partition coefficient (Wildman–Crippen LogP) is 5.50. The van der Waals surface area contributed by atoms with Gasteiger partial charge in [0.05, 0.1) is 10.6 Å². The van der Waals surface area contributed by atoms with Crippen molar-refractivity contribution in [3.05, 3.63) is 45.4 Å². The third-order valence-corrected chi connectivity index (χ3v) is 3.69. The standard InChI is InChI=1S/C14H14ClF3N2S/c1-13(2,3)11-7-19-12(21)20(11)8-4-5-10(15)9(6-8)14(16,17)18/h4-7H,1-3H3,(H,19,21). The van der Waals surface area contributed by atoms with Gasteiger partial charge in [0.2, 0.25) is 0 Å². The van der Waals surface area contributed by atoms with E-state index in [0.29, 0.717) is 10.5 Å². The van der Waals surface area contributed by atoms with Gasteiger partial charge >= 0.3 is 6.18 Å². The summed E-state index contributed by atoms with van der Waals surface area (Å²) in [4.78, 5) is 2.88. The third kappa shape index (κ3) is 3.16. The lowest BCUT2D eigenvalue weighted by Crippen LogP contribution is -2.17. The van der Waals surface area contributed by atoms with Crippen molar-refractivity contribution < 1.29 is 13.2 Å². The Morgan fingerprint density at radius 3 is 2.33 bits per heavy atom. The Hall–Kier alpha value is -1.27. The Kier molecular flexibility index (Phi) is 3.97. The first-order valence-electron chi connectivity index (χ1n) is 6.20. The normalized spacial score (nSPS) is 12.7. The minimum absolute atomic E-state index is 0.272. The smallest absolute Gasteiger partial charge is 0.337 e. The molecule has 114 valence electrons. The van der Waals surface area contributed by atoms with Crippen LogP contribution < -0.4 is 0 Å². The molecule has 2 aromatic rings. The van der Waals surface area contributed by atoms with Crippen LogP contribution >= 0.6 is 23.8 Å². The molecule has 0 bridgehead atoms. The van der Waals surface area contributed by atoms with Crippen LogP contribution in [0.25, 0.3) is 5.69 Å². The first kappa shape index (κ1) is 16.1. The van der Waals surface area contributed by atoms with E-state index in [1.54, 1.807) is 10.8 Å². The van der Waals surface area contributed by atoms with Gasteiger partial charge in [0, 0.05) is 23.0 Å². The summed E-state index contributed by atoms with van der Waals surface area (Å²) < 4.78 is 40.9. The van der Waals surface area contributed by atoms with Crippen molar-refractivity contribution in [3.8, 4) is 5.69 Å². The predicted molar refractivity (Wildman–Crippen MR) is 79.7 cm³/mol. The molecule has 1 heterocycles. The zero-order chi connectivity index (χ0) is 16.0. The fourth-order valence-electron chi connectivity index (χ4n) is 2.05. The molecule has 0 unspecified atom stereocenters. The quantitative estimate of drug-likeness (QED) is 0.682. The molecule has 0 amide bonds. The van der Waals surface area contributed by atoms with Gasteiger partial charge in [-0.05, 0) is 30.4 Å². The maximum absolute atomic E-state index is 13.0. The Labute approximate surface area is 130 Å². The van der Waals surface area contributed by atoms with Crippen LogP contribution in [0.3, 0.4) is 0 Å². The summed E-state index contributed by atoms with van der Waals surface area (Å²) in [7, 11) is 0. The molecule has 7 heteroatoms. The van der Waals surface area contributed by atoms with E-state index in [-0.39, 0.29) is 10.4 Å². The average Bonchev–Trinajstić information content (AvgIpc) is 2.70. The fraction of sp³-hybridized carbons (Fsp3) is 0.357. The lowest BCUT2D eigenvalue weighted by atomic mass is 9.92. The number of nitrogens with zero attached hydrogens (tertiary/aromatic N) is 1. The van der Waals surface area contributed by atoms with Gasteiger partial charge in [-0.25, -0.2) is 0 Å². The van der Waals surface area contributed by atoms with E-state index >= 15 is 0 Å². The van der Waals surface area contributed by atoms with Crippen LogP contribution in [-0.4, -0.2) is 9.55 Å². The van der Waals surface area contributed by atoms with Gasteiger partial charge in [-0.3, -0.25) is 4.57 Å². The molecule has 1 aromatic carbocycles. The second kappa shape index (κ2) is 5.18. The lowest BCUT2D eigenvalue weighted by Gasteiger charge is -2.21. The summed E-state index contributed by atoms with van der Waals surface area (Å²) in [5.74, 6) is 0. The minimum Gasteiger partial charge on any atom is -0.337 e. The lowest BCUT2D eigenvalue weighted by molar-refractivity contribution is -0.137. The van der Waals surface area contributed by atoms with E-state index in [2.05, 4.69) is 4.98 Å². The molecule has 0 saturated carbocycles. The second-order valence-corrected chi connectivity index (χ2v) is 6.52. The number of aromatic amines is 1. The van der Waals surface area contributed by atoms with Crippen molar-refractivity contribution in [2.24, 2.45) is 0 Å². The van der Waals surface area contributed by atoms with Crippen molar-refractivity contribution in [2.45, 2.75) is 32.4 Å². The van der Waals surface area contributed by atoms with Crippen molar-refractivity contribution >= 4 is 23.8 Å². The van der Waals surface area contributed by atoms with Crippen LogP contribution in [0.2, 0.25) is 5.02 Å². The first-order valence-corrected chi connectivity index (χ1v) is 6.98. The SMILES string of the molecule is CC(C)(C)c1c[nH]c(=S)n1-c1ccc(Cl)c(C(F)(F)F)c1. The number of H-pyrrole nitrogens is 1. The molecular formula is C14H14ClF3N2S. The first-order chi connectivity index (χ1) is 9.51. The fourth-order valence-corrected chi connectivity index (χ4v) is 2.53. The molecule has 1 aromatic heterocycles. The zero-order valence-corrected chi connectivity index (χ0v) is 13.2. The summed E-state index contributed by atoms with van der Waals surface area (Å²) in [5.41, 5.74) is -0.0125. The molecule has 0 fully saturated rings. The monoisotopic (exact) mass is 334 g/mol. The summed E-state index contributed by atoms with van der Waals surface area (Å²) >= 11 is 10.8. The summed E-state index contributed by atoms with van der Waals surface area (Å²) in [5, 5.41) is -0.328. The number of halogens is 4. The average molecular weight is 335 g/mol. The Balaban J connectivity index is 2.70. The molecule has 2 nitrogen and oxygen atoms in total. The topological polar surface area (TPSA) is 20.7 Å². The molecule has 1 N–H and O–H groups in total. The van der Waals surface area contributed by atoms with Crippen molar-refractivity contribution in [1.29, 1.82) is 0 Å². The van der Waals surface area contributed by atoms with Crippen LogP contribution in [0, 0.1) is 4.77 Å². The highest BCUT2D eigenvalue weighted by atomic mass is 35.5. The highest BCUT2D eigenvalue weighted by molar-refractivity contribution is 7.71. The van der Waals surface area contributed by atoms with Gasteiger partial charge in [-0.15, -0.1) is 0 Å². The molecule has 0 aliphatic heterocycles. The maximum Gasteiger partial charge on any atom is 0.417 e. The zero-order valence-electron chi connectivity index (χ0n) is 11.7. The van der Waals surface area contributed by atoms with Gasteiger partial charge in [0.15, 0.2) is 4.77 Å². The van der Waals surface area contributed by atoms with E-state index in [0.717, 1.165) is 11.8 Å². The number of nitrogens with one attached hydrogen (secondary N) is 1. The maximum atomic E-state index is 13.0. The molecule has 0 aliphatic rings. The van der Waals surface area contributed by atoms with Crippen LogP contribution in [0.1, 0.15) is 32.0 Å². The molecule has 0 radical (unpaired) electrons. The third-order valence-electron chi connectivity index (χ3n) is 3.06. The van der Waals surface area contributed by atoms with E-state index < -0.39 is 11.7 Å². The molecule has 0 spiro atoms. The minimum atomic E-state index is -4.51. The Morgan fingerprint density at radius 2 is 1.81 bits per heavy atom. The van der Waals surface area contributed by atoms with Crippen LogP contribution in [0.5, 0.6) is 0 Å². The van der Waals surface area contributed by atoms with E-state index in [4.69, 9.17) is 23.8 Å². The Morgan fingerprint density at radius 1 is 1.19 bits per heavy atom. The highest BCUT2D eigenvalue weighted by Crippen LogP contribution is 2.36.